The molecule has 38 valence electrons. The average Bonchev–Trinajstić information content (AvgIpc) is 1.90. The van der Waals surface area contributed by atoms with E-state index in [1.807, 2.05) is 0 Å². The normalized spacial score (nSPS) is 8.00. The molecule has 3 nitrogen and oxygen atoms in total. The molecule has 0 bridgehead atoms. The number of aromatic nitrogens is 3. The molecule has 1 aromatic rings. The average molecular weight is 151 g/mol. The lowest BCUT2D eigenvalue weighted by Crippen LogP contribution is -1.68. The Morgan fingerprint density at radius 3 is 3.43 bits per heavy atom. The van der Waals surface area contributed by atoms with Crippen LogP contribution in [0.1, 0.15) is 0 Å². The van der Waals surface area contributed by atoms with E-state index in [0.717, 1.165) is 0 Å². The molecule has 6 heteroatoms. The largest absolute Gasteiger partial charge is 0.126 e. The van der Waals surface area contributed by atoms with Gasteiger partial charge in [-0.05, 0) is 14.6 Å². The van der Waals surface area contributed by atoms with E-state index in [9.17, 15) is 0 Å². The lowest BCUT2D eigenvalue weighted by atomic mass is 11.7. The highest BCUT2D eigenvalue weighted by molar-refractivity contribution is 7.92. The zero-order chi connectivity index (χ0) is 4.95. The lowest BCUT2D eigenvalue weighted by Gasteiger charge is -1.51. The molecule has 0 saturated heterocycles. The molecule has 0 aromatic carbocycles. The van der Waals surface area contributed by atoms with Gasteiger partial charge in [0.05, 0.1) is 10.5 Å². The minimum atomic E-state index is 1.33. The van der Waals surface area contributed by atoms with Gasteiger partial charge in [0.25, 0.3) is 0 Å². The van der Waals surface area contributed by atoms with Crippen molar-refractivity contribution in [2.45, 2.75) is 0 Å². The molecule has 0 fully saturated rings. The van der Waals surface area contributed by atoms with Gasteiger partial charge in [-0.3, -0.25) is 0 Å². The van der Waals surface area contributed by atoms with Crippen molar-refractivity contribution in [2.75, 3.05) is 0 Å². The lowest BCUT2D eigenvalue weighted by molar-refractivity contribution is 0.938. The summed E-state index contributed by atoms with van der Waals surface area (Å²) in [4.78, 5) is 0. The molecule has 1 heterocycles. The zero-order valence-electron chi connectivity index (χ0n) is 3.14. The summed E-state index contributed by atoms with van der Waals surface area (Å²) in [6.45, 7) is 0. The van der Waals surface area contributed by atoms with Crippen LogP contribution in [-0.4, -0.2) is 14.8 Å². The minimum Gasteiger partial charge on any atom is -0.126 e. The molecule has 1 rings (SSSR count). The third kappa shape index (κ3) is 1.91. The molecular formula is CHN3S3. The first-order chi connectivity index (χ1) is 3.50. The summed E-state index contributed by atoms with van der Waals surface area (Å²) >= 11 is 0. The highest BCUT2D eigenvalue weighted by Crippen LogP contribution is 2.01. The van der Waals surface area contributed by atoms with E-state index in [0.29, 0.717) is 0 Å². The number of hydrogen-bond donors (Lipinski definition) is 0. The van der Waals surface area contributed by atoms with Gasteiger partial charge in [-0.2, -0.15) is 0 Å². The highest BCUT2D eigenvalue weighted by Gasteiger charge is 1.63. The third-order valence-electron chi connectivity index (χ3n) is 0.281. The molecule has 0 aliphatic carbocycles. The second-order valence-electron chi connectivity index (χ2n) is 0.631. The van der Waals surface area contributed by atoms with Crippen molar-refractivity contribution < 1.29 is 0 Å². The first-order valence-electron chi connectivity index (χ1n) is 1.41. The van der Waals surface area contributed by atoms with Crippen molar-refractivity contribution in [1.82, 2.24) is 14.8 Å². The SMILES string of the molecule is c1nnnsss1. The van der Waals surface area contributed by atoms with Crippen LogP contribution in [-0.2, 0) is 0 Å². The molecule has 0 aliphatic rings. The van der Waals surface area contributed by atoms with Crippen molar-refractivity contribution in [3.05, 3.63) is 5.51 Å². The number of nitrogens with zero attached hydrogens (tertiary/aromatic N) is 3. The fourth-order valence-electron chi connectivity index (χ4n) is 0.125. The second-order valence-corrected chi connectivity index (χ2v) is 4.14. The van der Waals surface area contributed by atoms with E-state index in [1.165, 1.54) is 30.2 Å². The van der Waals surface area contributed by atoms with Crippen molar-refractivity contribution in [1.29, 1.82) is 0 Å². The van der Waals surface area contributed by atoms with Crippen LogP contribution >= 0.6 is 30.2 Å². The van der Waals surface area contributed by atoms with Crippen LogP contribution in [0, 0.1) is 0 Å². The van der Waals surface area contributed by atoms with E-state index in [2.05, 4.69) is 14.8 Å². The fourth-order valence-corrected chi connectivity index (χ4v) is 1.75. The maximum absolute atomic E-state index is 3.56. The summed E-state index contributed by atoms with van der Waals surface area (Å²) in [6, 6.07) is 0. The van der Waals surface area contributed by atoms with Gasteiger partial charge in [0.1, 0.15) is 5.51 Å². The quantitative estimate of drug-likeness (QED) is 0.523. The summed E-state index contributed by atoms with van der Waals surface area (Å²) < 4.78 is 3.56. The Morgan fingerprint density at radius 1 is 1.43 bits per heavy atom. The Morgan fingerprint density at radius 2 is 2.43 bits per heavy atom. The van der Waals surface area contributed by atoms with Gasteiger partial charge < -0.3 is 0 Å². The topological polar surface area (TPSA) is 38.7 Å². The summed E-state index contributed by atoms with van der Waals surface area (Å²) in [7, 11) is 4.38. The Kier molecular flexibility index (Phi) is 2.18. The van der Waals surface area contributed by atoms with Crippen molar-refractivity contribution in [3.8, 4) is 0 Å². The smallest absolute Gasteiger partial charge is 0.115 e. The predicted molar refractivity (Wildman–Crippen MR) is 31.1 cm³/mol. The van der Waals surface area contributed by atoms with E-state index in [4.69, 9.17) is 0 Å². The summed E-state index contributed by atoms with van der Waals surface area (Å²) in [5.41, 5.74) is 1.65. The number of hydrogen-bond acceptors (Lipinski definition) is 6. The van der Waals surface area contributed by atoms with Crippen LogP contribution in [0.3, 0.4) is 0 Å². The molecule has 0 aliphatic heterocycles. The van der Waals surface area contributed by atoms with Gasteiger partial charge in [-0.15, -0.1) is 5.10 Å². The maximum atomic E-state index is 3.56. The molecule has 0 N–H and O–H groups in total. The summed E-state index contributed by atoms with van der Waals surface area (Å²) in [6.07, 6.45) is 0. The Balaban J connectivity index is 3.06. The fraction of sp³-hybridized carbons (Fsp3) is 0. The van der Waals surface area contributed by atoms with Gasteiger partial charge in [-0.1, -0.05) is 14.8 Å². The Bertz CT molecular complexity index is 98.2. The predicted octanol–water partition coefficient (Wildman–Crippen LogP) is 1.18. The minimum absolute atomic E-state index is 1.33. The molecule has 0 unspecified atom stereocenters. The van der Waals surface area contributed by atoms with Crippen LogP contribution in [0.2, 0.25) is 0 Å². The Labute approximate surface area is 50.9 Å². The molecule has 0 saturated carbocycles. The molecule has 7 heavy (non-hydrogen) atoms. The van der Waals surface area contributed by atoms with Gasteiger partial charge in [-0.25, -0.2) is 0 Å². The molecular weight excluding hydrogens is 150 g/mol. The van der Waals surface area contributed by atoms with Gasteiger partial charge in [0.2, 0.25) is 0 Å². The first-order valence-corrected chi connectivity index (χ1v) is 4.91. The van der Waals surface area contributed by atoms with Gasteiger partial charge in [0, 0.05) is 0 Å². The monoisotopic (exact) mass is 151 g/mol. The second kappa shape index (κ2) is 3.00. The Hall–Kier alpha value is -0.0700. The number of rotatable bonds is 0. The first kappa shape index (κ1) is 5.07. The van der Waals surface area contributed by atoms with Crippen molar-refractivity contribution in [3.63, 3.8) is 0 Å². The maximum Gasteiger partial charge on any atom is 0.115 e. The van der Waals surface area contributed by atoms with E-state index >= 15 is 0 Å². The van der Waals surface area contributed by atoms with Gasteiger partial charge in [0.15, 0.2) is 0 Å². The van der Waals surface area contributed by atoms with E-state index in [1.54, 1.807) is 5.51 Å². The van der Waals surface area contributed by atoms with Gasteiger partial charge >= 0.3 is 0 Å². The molecule has 0 spiro atoms. The zero-order valence-corrected chi connectivity index (χ0v) is 5.59. The summed E-state index contributed by atoms with van der Waals surface area (Å²) in [5.74, 6) is 0. The molecule has 0 amide bonds. The van der Waals surface area contributed by atoms with Crippen molar-refractivity contribution >= 4 is 30.2 Å². The van der Waals surface area contributed by atoms with Crippen LogP contribution in [0.5, 0.6) is 0 Å². The highest BCUT2D eigenvalue weighted by atomic mass is 33.2. The van der Waals surface area contributed by atoms with Crippen LogP contribution in [0.15, 0.2) is 5.51 Å². The molecule has 0 atom stereocenters. The van der Waals surface area contributed by atoms with E-state index < -0.39 is 0 Å². The summed E-state index contributed by atoms with van der Waals surface area (Å²) in [5, 5.41) is 6.91. The van der Waals surface area contributed by atoms with Crippen LogP contribution in [0.25, 0.3) is 0 Å². The molecule has 1 aromatic heterocycles. The molecule has 0 radical (unpaired) electrons. The third-order valence-corrected chi connectivity index (χ3v) is 2.87. The van der Waals surface area contributed by atoms with E-state index in [-0.39, 0.29) is 0 Å². The van der Waals surface area contributed by atoms with Crippen molar-refractivity contribution in [2.24, 2.45) is 0 Å². The van der Waals surface area contributed by atoms with Crippen LogP contribution < -0.4 is 0 Å². The van der Waals surface area contributed by atoms with Crippen LogP contribution in [0.4, 0.5) is 0 Å². The standard InChI is InChI=1S/CHN3S3/c1-2-3-4-6-7-5-1/h1H.